The van der Waals surface area contributed by atoms with Crippen molar-refractivity contribution in [1.29, 1.82) is 0 Å². The summed E-state index contributed by atoms with van der Waals surface area (Å²) in [4.78, 5) is 2.37. The van der Waals surface area contributed by atoms with Crippen molar-refractivity contribution < 1.29 is 4.39 Å². The minimum Gasteiger partial charge on any atom is -0.295 e. The van der Waals surface area contributed by atoms with Crippen LogP contribution in [0.25, 0.3) is 0 Å². The largest absolute Gasteiger partial charge is 0.295 e. The Balaban J connectivity index is 2.09. The zero-order valence-electron chi connectivity index (χ0n) is 10.3. The van der Waals surface area contributed by atoms with E-state index in [0.717, 1.165) is 11.9 Å². The van der Waals surface area contributed by atoms with E-state index in [-0.39, 0.29) is 5.82 Å². The number of halogens is 3. The highest BCUT2D eigenvalue weighted by Crippen LogP contribution is 2.26. The monoisotopic (exact) mass is 333 g/mol. The number of nitrogens with zero attached hydrogens (tertiary/aromatic N) is 1. The van der Waals surface area contributed by atoms with Gasteiger partial charge in [-0.05, 0) is 31.0 Å². The van der Waals surface area contributed by atoms with Gasteiger partial charge in [0, 0.05) is 35.0 Å². The van der Waals surface area contributed by atoms with Gasteiger partial charge in [-0.2, -0.15) is 0 Å². The molecule has 0 saturated heterocycles. The molecule has 1 nitrogen and oxygen atoms in total. The molecule has 1 aromatic rings. The first-order valence-corrected chi connectivity index (χ1v) is 7.94. The fraction of sp³-hybridized carbons (Fsp3) is 0.571. The molecule has 1 aliphatic carbocycles. The molecular weight excluding hydrogens is 317 g/mol. The van der Waals surface area contributed by atoms with Gasteiger partial charge in [0.15, 0.2) is 0 Å². The summed E-state index contributed by atoms with van der Waals surface area (Å²) in [5, 5.41) is 1.53. The molecule has 0 heterocycles. The third kappa shape index (κ3) is 3.69. The number of alkyl halides is 1. The molecule has 0 aliphatic heterocycles. The zero-order chi connectivity index (χ0) is 13.0. The molecule has 4 heteroatoms. The van der Waals surface area contributed by atoms with E-state index in [4.69, 9.17) is 11.6 Å². The van der Waals surface area contributed by atoms with Crippen LogP contribution in [-0.4, -0.2) is 22.8 Å². The maximum Gasteiger partial charge on any atom is 0.127 e. The van der Waals surface area contributed by atoms with Crippen LogP contribution in [0.4, 0.5) is 4.39 Å². The summed E-state index contributed by atoms with van der Waals surface area (Å²) in [6.45, 7) is 1.61. The molecule has 100 valence electrons. The highest BCUT2D eigenvalue weighted by molar-refractivity contribution is 9.09. The maximum atomic E-state index is 13.8. The smallest absolute Gasteiger partial charge is 0.127 e. The lowest BCUT2D eigenvalue weighted by Crippen LogP contribution is -2.34. The van der Waals surface area contributed by atoms with Gasteiger partial charge >= 0.3 is 0 Å². The van der Waals surface area contributed by atoms with Crippen LogP contribution < -0.4 is 0 Å². The average Bonchev–Trinajstić information content (AvgIpc) is 2.87. The van der Waals surface area contributed by atoms with E-state index in [1.54, 1.807) is 12.1 Å². The van der Waals surface area contributed by atoms with Gasteiger partial charge in [-0.1, -0.05) is 40.4 Å². The molecule has 1 aromatic carbocycles. The molecular formula is C14H18BrClFN. The number of hydrogen-bond acceptors (Lipinski definition) is 1. The van der Waals surface area contributed by atoms with Gasteiger partial charge in [-0.3, -0.25) is 4.90 Å². The molecule has 0 atom stereocenters. The summed E-state index contributed by atoms with van der Waals surface area (Å²) in [7, 11) is 0. The van der Waals surface area contributed by atoms with Gasteiger partial charge in [0.2, 0.25) is 0 Å². The Kier molecular flexibility index (Phi) is 5.46. The van der Waals surface area contributed by atoms with Gasteiger partial charge in [-0.25, -0.2) is 4.39 Å². The van der Waals surface area contributed by atoms with E-state index in [2.05, 4.69) is 20.8 Å². The highest BCUT2D eigenvalue weighted by Gasteiger charge is 2.22. The molecule has 0 aromatic heterocycles. The van der Waals surface area contributed by atoms with Crippen LogP contribution in [0.15, 0.2) is 18.2 Å². The first kappa shape index (κ1) is 14.3. The van der Waals surface area contributed by atoms with Crippen molar-refractivity contribution >= 4 is 27.5 Å². The molecule has 1 fully saturated rings. The average molecular weight is 335 g/mol. The van der Waals surface area contributed by atoms with Gasteiger partial charge in [0.25, 0.3) is 0 Å². The molecule has 0 unspecified atom stereocenters. The van der Waals surface area contributed by atoms with E-state index in [1.807, 2.05) is 0 Å². The van der Waals surface area contributed by atoms with E-state index in [9.17, 15) is 4.39 Å². The van der Waals surface area contributed by atoms with Crippen LogP contribution in [0.2, 0.25) is 5.02 Å². The molecule has 2 rings (SSSR count). The highest BCUT2D eigenvalue weighted by atomic mass is 79.9. The predicted octanol–water partition coefficient (Wildman–Crippen LogP) is 4.62. The molecule has 18 heavy (non-hydrogen) atoms. The van der Waals surface area contributed by atoms with Crippen molar-refractivity contribution in [2.45, 2.75) is 38.3 Å². The lowest BCUT2D eigenvalue weighted by atomic mass is 10.1. The second-order valence-corrected chi connectivity index (χ2v) is 6.06. The summed E-state index contributed by atoms with van der Waals surface area (Å²) in [5.41, 5.74) is 0.704. The Labute approximate surface area is 121 Å². The minimum absolute atomic E-state index is 0.156. The van der Waals surface area contributed by atoms with E-state index in [1.165, 1.54) is 31.7 Å². The summed E-state index contributed by atoms with van der Waals surface area (Å²) in [6.07, 6.45) is 5.05. The number of rotatable bonds is 5. The Hall–Kier alpha value is -0.120. The topological polar surface area (TPSA) is 3.24 Å². The van der Waals surface area contributed by atoms with Crippen LogP contribution >= 0.6 is 27.5 Å². The van der Waals surface area contributed by atoms with Crippen LogP contribution in [-0.2, 0) is 6.54 Å². The van der Waals surface area contributed by atoms with Gasteiger partial charge in [-0.15, -0.1) is 0 Å². The normalized spacial score (nSPS) is 16.7. The number of benzene rings is 1. The zero-order valence-corrected chi connectivity index (χ0v) is 12.7. The van der Waals surface area contributed by atoms with Crippen LogP contribution in [0.1, 0.15) is 31.2 Å². The van der Waals surface area contributed by atoms with E-state index < -0.39 is 0 Å². The van der Waals surface area contributed by atoms with Crippen molar-refractivity contribution in [3.05, 3.63) is 34.6 Å². The Morgan fingerprint density at radius 1 is 1.33 bits per heavy atom. The summed E-state index contributed by atoms with van der Waals surface area (Å²) in [5.74, 6) is -0.156. The molecule has 1 aliphatic rings. The SMILES string of the molecule is Fc1ccc(Cl)cc1CN(CCBr)C1CCCC1. The second kappa shape index (κ2) is 6.88. The van der Waals surface area contributed by atoms with Gasteiger partial charge < -0.3 is 0 Å². The van der Waals surface area contributed by atoms with Crippen molar-refractivity contribution in [2.24, 2.45) is 0 Å². The summed E-state index contributed by atoms with van der Waals surface area (Å²) in [6, 6.07) is 5.40. The van der Waals surface area contributed by atoms with Gasteiger partial charge in [0.1, 0.15) is 5.82 Å². The fourth-order valence-corrected chi connectivity index (χ4v) is 3.30. The molecule has 0 amide bonds. The van der Waals surface area contributed by atoms with Crippen LogP contribution in [0.3, 0.4) is 0 Å². The third-order valence-corrected chi connectivity index (χ3v) is 4.18. The number of hydrogen-bond donors (Lipinski definition) is 0. The van der Waals surface area contributed by atoms with Crippen LogP contribution in [0.5, 0.6) is 0 Å². The first-order valence-electron chi connectivity index (χ1n) is 6.44. The summed E-state index contributed by atoms with van der Waals surface area (Å²) >= 11 is 9.42. The standard InChI is InChI=1S/C14H18BrClFN/c15-7-8-18(13-3-1-2-4-13)10-11-9-12(16)5-6-14(11)17/h5-6,9,13H,1-4,7-8,10H2. The lowest BCUT2D eigenvalue weighted by Gasteiger charge is -2.28. The molecule has 0 N–H and O–H groups in total. The molecule has 1 saturated carbocycles. The molecule has 0 radical (unpaired) electrons. The maximum absolute atomic E-state index is 13.8. The van der Waals surface area contributed by atoms with Crippen molar-refractivity contribution in [1.82, 2.24) is 4.90 Å². The van der Waals surface area contributed by atoms with Crippen LogP contribution in [0, 0.1) is 5.82 Å². The Bertz CT molecular complexity index is 393. The minimum atomic E-state index is -0.156. The quantitative estimate of drug-likeness (QED) is 0.710. The molecule has 0 bridgehead atoms. The lowest BCUT2D eigenvalue weighted by molar-refractivity contribution is 0.200. The summed E-state index contributed by atoms with van der Waals surface area (Å²) < 4.78 is 13.8. The van der Waals surface area contributed by atoms with Crippen molar-refractivity contribution in [3.63, 3.8) is 0 Å². The van der Waals surface area contributed by atoms with Crippen molar-refractivity contribution in [2.75, 3.05) is 11.9 Å². The van der Waals surface area contributed by atoms with Crippen molar-refractivity contribution in [3.8, 4) is 0 Å². The fourth-order valence-electron chi connectivity index (χ4n) is 2.65. The predicted molar refractivity (Wildman–Crippen MR) is 77.9 cm³/mol. The first-order chi connectivity index (χ1) is 8.70. The second-order valence-electron chi connectivity index (χ2n) is 4.83. The van der Waals surface area contributed by atoms with E-state index >= 15 is 0 Å². The third-order valence-electron chi connectivity index (χ3n) is 3.59. The van der Waals surface area contributed by atoms with E-state index in [0.29, 0.717) is 23.2 Å². The van der Waals surface area contributed by atoms with Gasteiger partial charge in [0.05, 0.1) is 0 Å². The Morgan fingerprint density at radius 3 is 2.72 bits per heavy atom. The Morgan fingerprint density at radius 2 is 2.06 bits per heavy atom. The molecule has 0 spiro atoms.